The number of amides is 1. The number of alkyl carbamates (subject to hydrolysis) is 1. The minimum Gasteiger partial charge on any atom is -0.449 e. The first-order chi connectivity index (χ1) is 16.6. The summed E-state index contributed by atoms with van der Waals surface area (Å²) in [4.78, 5) is 12.9. The van der Waals surface area contributed by atoms with Gasteiger partial charge in [0.1, 0.15) is 18.2 Å². The van der Waals surface area contributed by atoms with Crippen molar-refractivity contribution in [2.75, 3.05) is 19.7 Å². The van der Waals surface area contributed by atoms with E-state index in [-0.39, 0.29) is 36.5 Å². The number of fused-ring (bicyclic) bond motifs is 3. The molecule has 3 aromatic rings. The summed E-state index contributed by atoms with van der Waals surface area (Å²) in [6.45, 7) is 1.88. The lowest BCUT2D eigenvalue weighted by molar-refractivity contribution is 0.132. The minimum absolute atomic E-state index is 0.0313. The van der Waals surface area contributed by atoms with Gasteiger partial charge < -0.3 is 15.4 Å². The second kappa shape index (κ2) is 9.94. The average Bonchev–Trinajstić information content (AvgIpc) is 3.19. The van der Waals surface area contributed by atoms with Gasteiger partial charge in [0.2, 0.25) is 0 Å². The number of ether oxygens (including phenoxy) is 1. The zero-order valence-electron chi connectivity index (χ0n) is 18.9. The molecule has 0 bridgehead atoms. The van der Waals surface area contributed by atoms with Crippen LogP contribution in [0.3, 0.4) is 0 Å². The van der Waals surface area contributed by atoms with Gasteiger partial charge in [-0.3, -0.25) is 0 Å². The summed E-state index contributed by atoms with van der Waals surface area (Å²) in [5.74, 6) is -0.822. The molecule has 1 aliphatic carbocycles. The smallest absolute Gasteiger partial charge is 0.407 e. The Labute approximate surface area is 198 Å². The molecule has 3 aromatic carbocycles. The predicted molar refractivity (Wildman–Crippen MR) is 128 cm³/mol. The molecule has 2 N–H and O–H groups in total. The van der Waals surface area contributed by atoms with E-state index in [9.17, 15) is 13.6 Å². The van der Waals surface area contributed by atoms with Gasteiger partial charge in [-0.25, -0.2) is 13.6 Å². The number of halogens is 2. The van der Waals surface area contributed by atoms with Crippen molar-refractivity contribution in [3.63, 3.8) is 0 Å². The maximum Gasteiger partial charge on any atom is 0.407 e. The highest BCUT2D eigenvalue weighted by molar-refractivity contribution is 5.79. The molecule has 0 aromatic heterocycles. The Balaban J connectivity index is 1.30. The van der Waals surface area contributed by atoms with E-state index < -0.39 is 17.7 Å². The summed E-state index contributed by atoms with van der Waals surface area (Å²) in [5, 5.41) is 6.29. The van der Waals surface area contributed by atoms with Crippen LogP contribution < -0.4 is 10.6 Å². The fourth-order valence-corrected chi connectivity index (χ4v) is 5.31. The van der Waals surface area contributed by atoms with Crippen LogP contribution >= 0.6 is 0 Å². The molecule has 1 unspecified atom stereocenters. The number of benzene rings is 3. The van der Waals surface area contributed by atoms with Gasteiger partial charge in [-0.05, 0) is 84.3 Å². The summed E-state index contributed by atoms with van der Waals surface area (Å²) in [7, 11) is 0. The largest absolute Gasteiger partial charge is 0.449 e. The van der Waals surface area contributed by atoms with E-state index in [1.807, 2.05) is 24.3 Å². The second-order valence-electron chi connectivity index (χ2n) is 9.10. The number of rotatable bonds is 6. The maximum absolute atomic E-state index is 14.3. The van der Waals surface area contributed by atoms with Crippen LogP contribution in [0.2, 0.25) is 0 Å². The quantitative estimate of drug-likeness (QED) is 0.515. The lowest BCUT2D eigenvalue weighted by Crippen LogP contribution is -2.46. The lowest BCUT2D eigenvalue weighted by Gasteiger charge is -2.31. The van der Waals surface area contributed by atoms with Crippen LogP contribution in [0, 0.1) is 17.6 Å². The molecule has 1 saturated heterocycles. The van der Waals surface area contributed by atoms with E-state index in [2.05, 4.69) is 34.9 Å². The van der Waals surface area contributed by atoms with E-state index in [1.165, 1.54) is 17.2 Å². The third-order valence-corrected chi connectivity index (χ3v) is 7.05. The Morgan fingerprint density at radius 1 is 0.971 bits per heavy atom. The van der Waals surface area contributed by atoms with Gasteiger partial charge >= 0.3 is 6.09 Å². The Bertz CT molecular complexity index is 1130. The molecule has 0 spiro atoms. The Morgan fingerprint density at radius 3 is 2.29 bits per heavy atom. The summed E-state index contributed by atoms with van der Waals surface area (Å²) in [5.41, 5.74) is 4.89. The van der Waals surface area contributed by atoms with E-state index in [0.717, 1.165) is 49.2 Å². The van der Waals surface area contributed by atoms with E-state index in [0.29, 0.717) is 0 Å². The normalized spacial score (nSPS) is 16.5. The number of piperidine rings is 1. The zero-order chi connectivity index (χ0) is 23.5. The molecular formula is C28H28F2N2O2. The fraction of sp³-hybridized carbons (Fsp3) is 0.321. The monoisotopic (exact) mass is 462 g/mol. The molecule has 1 atom stereocenters. The van der Waals surface area contributed by atoms with E-state index >= 15 is 0 Å². The van der Waals surface area contributed by atoms with Crippen LogP contribution in [0.1, 0.15) is 35.4 Å². The average molecular weight is 463 g/mol. The number of hydrogen-bond acceptors (Lipinski definition) is 3. The summed E-state index contributed by atoms with van der Waals surface area (Å²) >= 11 is 0. The third kappa shape index (κ3) is 4.68. The lowest BCUT2D eigenvalue weighted by atomic mass is 9.86. The first-order valence-corrected chi connectivity index (χ1v) is 11.9. The van der Waals surface area contributed by atoms with Crippen molar-refractivity contribution in [3.8, 4) is 11.1 Å². The second-order valence-corrected chi connectivity index (χ2v) is 9.10. The molecule has 1 heterocycles. The van der Waals surface area contributed by atoms with Gasteiger partial charge in [0, 0.05) is 12.0 Å². The molecule has 1 fully saturated rings. The van der Waals surface area contributed by atoms with Crippen molar-refractivity contribution in [2.24, 2.45) is 5.92 Å². The predicted octanol–water partition coefficient (Wildman–Crippen LogP) is 5.41. The minimum atomic E-state index is -0.526. The third-order valence-electron chi connectivity index (χ3n) is 7.05. The highest BCUT2D eigenvalue weighted by atomic mass is 19.1. The van der Waals surface area contributed by atoms with Crippen molar-refractivity contribution >= 4 is 6.09 Å². The molecule has 0 saturated carbocycles. The van der Waals surface area contributed by atoms with Crippen molar-refractivity contribution in [3.05, 3.63) is 95.1 Å². The molecule has 1 amide bonds. The Morgan fingerprint density at radius 2 is 1.62 bits per heavy atom. The molecule has 5 rings (SSSR count). The van der Waals surface area contributed by atoms with Crippen LogP contribution in [0.5, 0.6) is 0 Å². The first-order valence-electron chi connectivity index (χ1n) is 11.9. The van der Waals surface area contributed by atoms with Gasteiger partial charge in [0.25, 0.3) is 0 Å². The first kappa shape index (κ1) is 22.5. The van der Waals surface area contributed by atoms with E-state index in [4.69, 9.17) is 4.74 Å². The van der Waals surface area contributed by atoms with Gasteiger partial charge in [-0.2, -0.15) is 0 Å². The zero-order valence-corrected chi connectivity index (χ0v) is 18.9. The highest BCUT2D eigenvalue weighted by Gasteiger charge is 2.30. The van der Waals surface area contributed by atoms with Crippen LogP contribution in [0.25, 0.3) is 11.1 Å². The van der Waals surface area contributed by atoms with Crippen LogP contribution in [-0.4, -0.2) is 31.8 Å². The molecular weight excluding hydrogens is 434 g/mol. The number of carbonyl (C=O) groups is 1. The van der Waals surface area contributed by atoms with Crippen molar-refractivity contribution < 1.29 is 18.3 Å². The van der Waals surface area contributed by atoms with Gasteiger partial charge in [0.05, 0.1) is 0 Å². The molecule has 2 aliphatic rings. The maximum atomic E-state index is 14.3. The molecule has 0 radical (unpaired) electrons. The number of hydrogen-bond donors (Lipinski definition) is 2. The van der Waals surface area contributed by atoms with Crippen molar-refractivity contribution in [2.45, 2.75) is 31.2 Å². The Kier molecular flexibility index (Phi) is 6.59. The fourth-order valence-electron chi connectivity index (χ4n) is 5.31. The summed E-state index contributed by atoms with van der Waals surface area (Å²) in [6.07, 6.45) is 1.40. The Hall–Kier alpha value is -3.25. The molecule has 4 nitrogen and oxygen atoms in total. The summed E-state index contributed by atoms with van der Waals surface area (Å²) in [6, 6.07) is 19.5. The summed E-state index contributed by atoms with van der Waals surface area (Å²) < 4.78 is 33.8. The van der Waals surface area contributed by atoms with Gasteiger partial charge in [0.15, 0.2) is 0 Å². The molecule has 176 valence electrons. The van der Waals surface area contributed by atoms with E-state index in [1.54, 1.807) is 0 Å². The standard InChI is InChI=1S/C28H28F2N2O2/c29-20-9-10-26(30)19(15-20)16-27(18-11-13-31-14-12-18)32-28(33)34-17-25-23-7-3-1-5-21(23)22-6-2-4-8-24(22)25/h1-10,15,18,25,27,31H,11-14,16-17H2,(H,32,33). The molecule has 6 heteroatoms. The van der Waals surface area contributed by atoms with Gasteiger partial charge in [-0.15, -0.1) is 0 Å². The van der Waals surface area contributed by atoms with Crippen LogP contribution in [0.4, 0.5) is 13.6 Å². The topological polar surface area (TPSA) is 50.4 Å². The van der Waals surface area contributed by atoms with Crippen molar-refractivity contribution in [1.29, 1.82) is 0 Å². The van der Waals surface area contributed by atoms with Crippen molar-refractivity contribution in [1.82, 2.24) is 10.6 Å². The highest BCUT2D eigenvalue weighted by Crippen LogP contribution is 2.44. The van der Waals surface area contributed by atoms with Gasteiger partial charge in [-0.1, -0.05) is 48.5 Å². The molecule has 1 aliphatic heterocycles. The molecule has 34 heavy (non-hydrogen) atoms. The van der Waals surface area contributed by atoms with Crippen LogP contribution in [-0.2, 0) is 11.2 Å². The van der Waals surface area contributed by atoms with Crippen LogP contribution in [0.15, 0.2) is 66.7 Å². The number of carbonyl (C=O) groups excluding carboxylic acids is 1. The SMILES string of the molecule is O=C(NC(Cc1cc(F)ccc1F)C1CCNCC1)OCC1c2ccccc2-c2ccccc21. The number of nitrogens with one attached hydrogen (secondary N) is 2.